The van der Waals surface area contributed by atoms with Gasteiger partial charge in [-0.05, 0) is 12.8 Å². The van der Waals surface area contributed by atoms with Gasteiger partial charge in [-0.1, -0.05) is 19.3 Å². The molecule has 0 spiro atoms. The highest BCUT2D eigenvalue weighted by molar-refractivity contribution is 5.94. The van der Waals surface area contributed by atoms with Gasteiger partial charge in [-0.3, -0.25) is 14.7 Å². The first kappa shape index (κ1) is 14.0. The number of carbonyl (C=O) groups is 2. The smallest absolute Gasteiger partial charge is 0.321 e. The van der Waals surface area contributed by atoms with Gasteiger partial charge in [0.05, 0.1) is 0 Å². The van der Waals surface area contributed by atoms with Crippen LogP contribution in [0.3, 0.4) is 0 Å². The molecule has 20 heavy (non-hydrogen) atoms. The first-order valence-corrected chi connectivity index (χ1v) is 6.57. The van der Waals surface area contributed by atoms with Crippen molar-refractivity contribution in [2.24, 2.45) is 0 Å². The maximum atomic E-state index is 11.7. The fourth-order valence-corrected chi connectivity index (χ4v) is 2.25. The number of nitrogens with zero attached hydrogens (tertiary/aromatic N) is 4. The molecule has 1 aliphatic carbocycles. The second-order valence-electron chi connectivity index (χ2n) is 4.75. The summed E-state index contributed by atoms with van der Waals surface area (Å²) in [6.45, 7) is -0.159. The molecule has 0 radical (unpaired) electrons. The van der Waals surface area contributed by atoms with E-state index in [2.05, 4.69) is 20.8 Å². The lowest BCUT2D eigenvalue weighted by atomic mass is 9.96. The van der Waals surface area contributed by atoms with Crippen LogP contribution in [0.4, 0.5) is 4.79 Å². The standard InChI is InChI=1S/C12H16N6O2/c13-6-10-17-14-8-18(10)7-11(19)16-12(20)15-9-4-2-1-3-5-9/h8-9H,1-5,7H2,(H2,15,16,19,20). The zero-order chi connectivity index (χ0) is 14.4. The van der Waals surface area contributed by atoms with E-state index >= 15 is 0 Å². The van der Waals surface area contributed by atoms with Crippen molar-refractivity contribution in [2.45, 2.75) is 44.7 Å². The van der Waals surface area contributed by atoms with Crippen molar-refractivity contribution in [2.75, 3.05) is 0 Å². The maximum absolute atomic E-state index is 11.7. The van der Waals surface area contributed by atoms with Crippen LogP contribution in [0, 0.1) is 11.3 Å². The van der Waals surface area contributed by atoms with Gasteiger partial charge in [0.1, 0.15) is 18.9 Å². The van der Waals surface area contributed by atoms with E-state index in [1.165, 1.54) is 17.3 Å². The summed E-state index contributed by atoms with van der Waals surface area (Å²) in [5.41, 5.74) is 0. The first-order chi connectivity index (χ1) is 9.69. The summed E-state index contributed by atoms with van der Waals surface area (Å²) >= 11 is 0. The molecule has 106 valence electrons. The van der Waals surface area contributed by atoms with Gasteiger partial charge in [-0.25, -0.2) is 4.79 Å². The van der Waals surface area contributed by atoms with Crippen LogP contribution < -0.4 is 10.6 Å². The van der Waals surface area contributed by atoms with Crippen molar-refractivity contribution in [3.8, 4) is 6.07 Å². The Hall–Kier alpha value is -2.43. The summed E-state index contributed by atoms with van der Waals surface area (Å²) < 4.78 is 1.28. The fraction of sp³-hybridized carbons (Fsp3) is 0.583. The van der Waals surface area contributed by atoms with E-state index in [9.17, 15) is 9.59 Å². The van der Waals surface area contributed by atoms with Crippen molar-refractivity contribution in [1.82, 2.24) is 25.4 Å². The largest absolute Gasteiger partial charge is 0.335 e. The zero-order valence-electron chi connectivity index (χ0n) is 11.0. The zero-order valence-corrected chi connectivity index (χ0v) is 11.0. The normalized spacial score (nSPS) is 15.3. The Balaban J connectivity index is 1.79. The van der Waals surface area contributed by atoms with Crippen LogP contribution >= 0.6 is 0 Å². The van der Waals surface area contributed by atoms with Crippen LogP contribution in [-0.4, -0.2) is 32.7 Å². The molecule has 8 heteroatoms. The minimum absolute atomic E-state index is 0.0350. The van der Waals surface area contributed by atoms with Crippen LogP contribution in [0.5, 0.6) is 0 Å². The molecule has 0 unspecified atom stereocenters. The molecule has 0 aliphatic heterocycles. The molecule has 2 N–H and O–H groups in total. The average Bonchev–Trinajstić information content (AvgIpc) is 2.86. The summed E-state index contributed by atoms with van der Waals surface area (Å²) in [6, 6.07) is 1.46. The molecule has 1 heterocycles. The molecular weight excluding hydrogens is 260 g/mol. The topological polar surface area (TPSA) is 113 Å². The highest BCUT2D eigenvalue weighted by Gasteiger charge is 2.17. The molecule has 3 amide bonds. The third-order valence-corrected chi connectivity index (χ3v) is 3.22. The van der Waals surface area contributed by atoms with Crippen LogP contribution in [0.25, 0.3) is 0 Å². The monoisotopic (exact) mass is 276 g/mol. The minimum atomic E-state index is -0.505. The highest BCUT2D eigenvalue weighted by Crippen LogP contribution is 2.17. The molecule has 0 aromatic carbocycles. The summed E-state index contributed by atoms with van der Waals surface area (Å²) in [4.78, 5) is 23.3. The first-order valence-electron chi connectivity index (χ1n) is 6.57. The van der Waals surface area contributed by atoms with E-state index in [-0.39, 0.29) is 18.4 Å². The van der Waals surface area contributed by atoms with Crippen molar-refractivity contribution in [1.29, 1.82) is 5.26 Å². The number of urea groups is 1. The molecule has 2 rings (SSSR count). The molecule has 1 aromatic heterocycles. The predicted octanol–water partition coefficient (Wildman–Crippen LogP) is 0.308. The van der Waals surface area contributed by atoms with Gasteiger partial charge < -0.3 is 5.32 Å². The van der Waals surface area contributed by atoms with Crippen molar-refractivity contribution < 1.29 is 9.59 Å². The lowest BCUT2D eigenvalue weighted by Gasteiger charge is -2.22. The Kier molecular flexibility index (Phi) is 4.65. The van der Waals surface area contributed by atoms with Gasteiger partial charge in [0, 0.05) is 6.04 Å². The highest BCUT2D eigenvalue weighted by atomic mass is 16.2. The van der Waals surface area contributed by atoms with Crippen LogP contribution in [0.2, 0.25) is 0 Å². The van der Waals surface area contributed by atoms with Gasteiger partial charge in [0.2, 0.25) is 11.7 Å². The number of aromatic nitrogens is 3. The Labute approximate surface area is 116 Å². The quantitative estimate of drug-likeness (QED) is 0.824. The second-order valence-corrected chi connectivity index (χ2v) is 4.75. The van der Waals surface area contributed by atoms with E-state index in [4.69, 9.17) is 5.26 Å². The molecule has 0 bridgehead atoms. The van der Waals surface area contributed by atoms with Crippen LogP contribution in [0.1, 0.15) is 37.9 Å². The van der Waals surface area contributed by atoms with Crippen molar-refractivity contribution >= 4 is 11.9 Å². The maximum Gasteiger partial charge on any atom is 0.321 e. The SMILES string of the molecule is N#Cc1nncn1CC(=O)NC(=O)NC1CCCCC1. The Morgan fingerprint density at radius 3 is 2.85 bits per heavy atom. The summed E-state index contributed by atoms with van der Waals surface area (Å²) in [6.07, 6.45) is 6.58. The van der Waals surface area contributed by atoms with Gasteiger partial charge in [-0.2, -0.15) is 5.26 Å². The summed E-state index contributed by atoms with van der Waals surface area (Å²) in [5, 5.41) is 20.8. The molecule has 1 aliphatic rings. The second kappa shape index (κ2) is 6.65. The van der Waals surface area contributed by atoms with E-state index in [1.807, 2.05) is 6.07 Å². The van der Waals surface area contributed by atoms with Crippen LogP contribution in [0.15, 0.2) is 6.33 Å². The Bertz CT molecular complexity index is 526. The van der Waals surface area contributed by atoms with Gasteiger partial charge in [0.25, 0.3) is 0 Å². The van der Waals surface area contributed by atoms with Crippen LogP contribution in [-0.2, 0) is 11.3 Å². The van der Waals surface area contributed by atoms with E-state index in [0.717, 1.165) is 25.7 Å². The number of rotatable bonds is 3. The van der Waals surface area contributed by atoms with E-state index in [1.54, 1.807) is 0 Å². The molecule has 8 nitrogen and oxygen atoms in total. The number of nitriles is 1. The minimum Gasteiger partial charge on any atom is -0.335 e. The number of hydrogen-bond acceptors (Lipinski definition) is 5. The van der Waals surface area contributed by atoms with Gasteiger partial charge in [0.15, 0.2) is 0 Å². The number of hydrogen-bond donors (Lipinski definition) is 2. The van der Waals surface area contributed by atoms with E-state index in [0.29, 0.717) is 0 Å². The Morgan fingerprint density at radius 1 is 1.40 bits per heavy atom. The number of imide groups is 1. The molecule has 0 saturated heterocycles. The molecule has 1 saturated carbocycles. The van der Waals surface area contributed by atoms with Crippen molar-refractivity contribution in [3.63, 3.8) is 0 Å². The fourth-order valence-electron chi connectivity index (χ4n) is 2.25. The molecule has 1 aromatic rings. The number of carbonyl (C=O) groups excluding carboxylic acids is 2. The van der Waals surface area contributed by atoms with Crippen molar-refractivity contribution in [3.05, 3.63) is 12.2 Å². The molecular formula is C12H16N6O2. The Morgan fingerprint density at radius 2 is 2.15 bits per heavy atom. The summed E-state index contributed by atoms with van der Waals surface area (Å²) in [5.74, 6) is -0.470. The summed E-state index contributed by atoms with van der Waals surface area (Å²) in [7, 11) is 0. The third kappa shape index (κ3) is 3.78. The third-order valence-electron chi connectivity index (χ3n) is 3.22. The van der Waals surface area contributed by atoms with E-state index < -0.39 is 11.9 Å². The molecule has 0 atom stereocenters. The molecule has 1 fully saturated rings. The lowest BCUT2D eigenvalue weighted by Crippen LogP contribution is -2.46. The van der Waals surface area contributed by atoms with Gasteiger partial charge >= 0.3 is 6.03 Å². The number of amides is 3. The number of nitrogens with one attached hydrogen (secondary N) is 2. The van der Waals surface area contributed by atoms with Gasteiger partial charge in [-0.15, -0.1) is 10.2 Å². The predicted molar refractivity (Wildman–Crippen MR) is 68.3 cm³/mol. The lowest BCUT2D eigenvalue weighted by molar-refractivity contribution is -0.120. The average molecular weight is 276 g/mol.